The molecule has 0 spiro atoms. The molecule has 156 valence electrons. The van der Waals surface area contributed by atoms with Crippen molar-refractivity contribution in [2.24, 2.45) is 0 Å². The fourth-order valence-electron chi connectivity index (χ4n) is 2.72. The normalized spacial score (nSPS) is 11.0. The van der Waals surface area contributed by atoms with Gasteiger partial charge in [0.2, 0.25) is 0 Å². The molecule has 0 unspecified atom stereocenters. The Morgan fingerprint density at radius 1 is 0.967 bits per heavy atom. The zero-order valence-corrected chi connectivity index (χ0v) is 16.7. The number of amides is 1. The van der Waals surface area contributed by atoms with E-state index in [0.29, 0.717) is 5.75 Å². The first-order chi connectivity index (χ1) is 14.3. The van der Waals surface area contributed by atoms with Crippen molar-refractivity contribution in [2.45, 2.75) is 11.4 Å². The van der Waals surface area contributed by atoms with E-state index in [9.17, 15) is 22.0 Å². The van der Waals surface area contributed by atoms with Gasteiger partial charge >= 0.3 is 0 Å². The number of halogens is 2. The summed E-state index contributed by atoms with van der Waals surface area (Å²) in [6.07, 6.45) is 0. The molecule has 6 nitrogen and oxygen atoms in total. The maximum absolute atomic E-state index is 13.2. The summed E-state index contributed by atoms with van der Waals surface area (Å²) in [5, 5.41) is 2.53. The number of rotatable bonds is 7. The molecule has 0 radical (unpaired) electrons. The van der Waals surface area contributed by atoms with Gasteiger partial charge in [-0.05, 0) is 54.1 Å². The Morgan fingerprint density at radius 2 is 1.60 bits per heavy atom. The van der Waals surface area contributed by atoms with Gasteiger partial charge in [-0.3, -0.25) is 9.52 Å². The number of carbonyl (C=O) groups is 1. The number of nitrogens with one attached hydrogen (secondary N) is 2. The van der Waals surface area contributed by atoms with Crippen molar-refractivity contribution in [3.8, 4) is 5.75 Å². The van der Waals surface area contributed by atoms with Crippen molar-refractivity contribution in [1.29, 1.82) is 0 Å². The van der Waals surface area contributed by atoms with Crippen LogP contribution in [0.2, 0.25) is 0 Å². The highest BCUT2D eigenvalue weighted by molar-refractivity contribution is 7.92. The lowest BCUT2D eigenvalue weighted by atomic mass is 10.2. The molecule has 0 heterocycles. The number of para-hydroxylation sites is 2. The second-order valence-corrected chi connectivity index (χ2v) is 7.97. The lowest BCUT2D eigenvalue weighted by molar-refractivity contribution is 0.0950. The number of hydrogen-bond acceptors (Lipinski definition) is 4. The highest BCUT2D eigenvalue weighted by Gasteiger charge is 2.17. The van der Waals surface area contributed by atoms with Crippen LogP contribution < -0.4 is 14.8 Å². The number of anilines is 1. The summed E-state index contributed by atoms with van der Waals surface area (Å²) >= 11 is 0. The molecule has 0 fully saturated rings. The molecule has 3 aromatic carbocycles. The molecule has 0 aliphatic carbocycles. The number of methoxy groups -OCH3 is 1. The molecule has 0 aromatic heterocycles. The fourth-order valence-corrected chi connectivity index (χ4v) is 3.79. The second kappa shape index (κ2) is 8.91. The van der Waals surface area contributed by atoms with Gasteiger partial charge in [-0.1, -0.05) is 12.1 Å². The average Bonchev–Trinajstić information content (AvgIpc) is 2.71. The van der Waals surface area contributed by atoms with Gasteiger partial charge in [0.05, 0.1) is 17.7 Å². The number of sulfonamides is 1. The van der Waals surface area contributed by atoms with E-state index in [1.807, 2.05) is 0 Å². The topological polar surface area (TPSA) is 84.5 Å². The Kier molecular flexibility index (Phi) is 6.31. The van der Waals surface area contributed by atoms with Gasteiger partial charge in [0.1, 0.15) is 17.4 Å². The van der Waals surface area contributed by atoms with E-state index in [1.54, 1.807) is 24.3 Å². The summed E-state index contributed by atoms with van der Waals surface area (Å²) in [6.45, 7) is -0.0804. The van der Waals surface area contributed by atoms with Gasteiger partial charge in [0.15, 0.2) is 0 Å². The molecular weight excluding hydrogens is 414 g/mol. The predicted octanol–water partition coefficient (Wildman–Crippen LogP) is 3.70. The van der Waals surface area contributed by atoms with Crippen LogP contribution in [0.5, 0.6) is 5.75 Å². The molecule has 30 heavy (non-hydrogen) atoms. The zero-order valence-electron chi connectivity index (χ0n) is 15.9. The van der Waals surface area contributed by atoms with Gasteiger partial charge < -0.3 is 10.1 Å². The molecule has 9 heteroatoms. The predicted molar refractivity (Wildman–Crippen MR) is 108 cm³/mol. The van der Waals surface area contributed by atoms with Crippen LogP contribution >= 0.6 is 0 Å². The Labute approximate surface area is 172 Å². The Bertz CT molecular complexity index is 1150. The molecule has 0 aliphatic heterocycles. The smallest absolute Gasteiger partial charge is 0.262 e. The molecule has 0 bridgehead atoms. The highest BCUT2D eigenvalue weighted by atomic mass is 32.2. The van der Waals surface area contributed by atoms with Crippen LogP contribution in [0.15, 0.2) is 71.6 Å². The van der Waals surface area contributed by atoms with Gasteiger partial charge in [-0.2, -0.15) is 0 Å². The summed E-state index contributed by atoms with van der Waals surface area (Å²) in [6, 6.07) is 14.8. The molecule has 0 saturated heterocycles. The molecule has 3 rings (SSSR count). The van der Waals surface area contributed by atoms with Crippen LogP contribution in [0.4, 0.5) is 14.5 Å². The maximum Gasteiger partial charge on any atom is 0.262 e. The maximum atomic E-state index is 13.2. The van der Waals surface area contributed by atoms with E-state index in [0.717, 1.165) is 18.2 Å². The average molecular weight is 432 g/mol. The van der Waals surface area contributed by atoms with Crippen LogP contribution in [0.3, 0.4) is 0 Å². The van der Waals surface area contributed by atoms with Gasteiger partial charge in [-0.25, -0.2) is 17.2 Å². The lowest BCUT2D eigenvalue weighted by Crippen LogP contribution is -2.23. The first kappa shape index (κ1) is 21.3. The molecule has 0 aliphatic rings. The highest BCUT2D eigenvalue weighted by Crippen LogP contribution is 2.26. The van der Waals surface area contributed by atoms with Crippen LogP contribution in [0, 0.1) is 11.6 Å². The van der Waals surface area contributed by atoms with Gasteiger partial charge in [-0.15, -0.1) is 0 Å². The number of benzene rings is 3. The first-order valence-electron chi connectivity index (χ1n) is 8.77. The van der Waals surface area contributed by atoms with E-state index >= 15 is 0 Å². The molecule has 3 aromatic rings. The van der Waals surface area contributed by atoms with Gasteiger partial charge in [0.25, 0.3) is 15.9 Å². The Hall–Kier alpha value is -3.46. The molecule has 0 saturated carbocycles. The van der Waals surface area contributed by atoms with E-state index in [-0.39, 0.29) is 28.3 Å². The quantitative estimate of drug-likeness (QED) is 0.596. The molecule has 1 amide bonds. The van der Waals surface area contributed by atoms with E-state index < -0.39 is 27.6 Å². The van der Waals surface area contributed by atoms with E-state index in [1.165, 1.54) is 31.4 Å². The van der Waals surface area contributed by atoms with Crippen LogP contribution in [0.25, 0.3) is 0 Å². The standard InChI is InChI=1S/C21H18F2N2O4S/c1-29-20-5-3-2-4-19(20)25-30(27,28)18-8-6-15(7-9-18)21(26)24-13-14-10-16(22)12-17(23)11-14/h2-12,25H,13H2,1H3,(H,24,26). The summed E-state index contributed by atoms with van der Waals surface area (Å²) in [5.74, 6) is -1.63. The van der Waals surface area contributed by atoms with Crippen molar-refractivity contribution < 1.29 is 26.7 Å². The number of ether oxygens (including phenoxy) is 1. The summed E-state index contributed by atoms with van der Waals surface area (Å²) in [4.78, 5) is 12.2. The zero-order chi connectivity index (χ0) is 21.7. The second-order valence-electron chi connectivity index (χ2n) is 6.29. The van der Waals surface area contributed by atoms with Crippen molar-refractivity contribution in [2.75, 3.05) is 11.8 Å². The molecule has 2 N–H and O–H groups in total. The summed E-state index contributed by atoms with van der Waals surface area (Å²) in [7, 11) is -2.47. The summed E-state index contributed by atoms with van der Waals surface area (Å²) in [5.41, 5.74) is 0.744. The fraction of sp³-hybridized carbons (Fsp3) is 0.0952. The number of hydrogen-bond donors (Lipinski definition) is 2. The molecule has 0 atom stereocenters. The Morgan fingerprint density at radius 3 is 2.23 bits per heavy atom. The minimum absolute atomic E-state index is 0.0443. The third kappa shape index (κ3) is 5.12. The van der Waals surface area contributed by atoms with Crippen LogP contribution in [-0.2, 0) is 16.6 Å². The van der Waals surface area contributed by atoms with Crippen molar-refractivity contribution in [3.63, 3.8) is 0 Å². The van der Waals surface area contributed by atoms with E-state index in [4.69, 9.17) is 4.74 Å². The van der Waals surface area contributed by atoms with Crippen LogP contribution in [-0.4, -0.2) is 21.4 Å². The third-order valence-corrected chi connectivity index (χ3v) is 5.53. The first-order valence-corrected chi connectivity index (χ1v) is 10.3. The number of carbonyl (C=O) groups excluding carboxylic acids is 1. The van der Waals surface area contributed by atoms with Crippen LogP contribution in [0.1, 0.15) is 15.9 Å². The molecular formula is C21H18F2N2O4S. The SMILES string of the molecule is COc1ccccc1NS(=O)(=O)c1ccc(C(=O)NCc2cc(F)cc(F)c2)cc1. The minimum Gasteiger partial charge on any atom is -0.495 e. The van der Waals surface area contributed by atoms with Crippen molar-refractivity contribution in [3.05, 3.63) is 89.5 Å². The van der Waals surface area contributed by atoms with E-state index in [2.05, 4.69) is 10.0 Å². The lowest BCUT2D eigenvalue weighted by Gasteiger charge is -2.12. The monoisotopic (exact) mass is 432 g/mol. The van der Waals surface area contributed by atoms with Crippen molar-refractivity contribution in [1.82, 2.24) is 5.32 Å². The summed E-state index contributed by atoms with van der Waals surface area (Å²) < 4.78 is 59.2. The van der Waals surface area contributed by atoms with Crippen molar-refractivity contribution >= 4 is 21.6 Å². The minimum atomic E-state index is -3.90. The third-order valence-electron chi connectivity index (χ3n) is 4.15. The largest absolute Gasteiger partial charge is 0.495 e. The van der Waals surface area contributed by atoms with Gasteiger partial charge in [0, 0.05) is 18.2 Å². The Balaban J connectivity index is 1.69.